The van der Waals surface area contributed by atoms with Gasteiger partial charge in [-0.05, 0) is 25.0 Å². The lowest BCUT2D eigenvalue weighted by Gasteiger charge is -2.16. The Morgan fingerprint density at radius 1 is 1.24 bits per heavy atom. The van der Waals surface area contributed by atoms with Gasteiger partial charge < -0.3 is 4.90 Å². The van der Waals surface area contributed by atoms with Crippen LogP contribution in [-0.4, -0.2) is 46.4 Å². The van der Waals surface area contributed by atoms with Gasteiger partial charge >= 0.3 is 0 Å². The number of rotatable bonds is 3. The monoisotopic (exact) mass is 400 g/mol. The average molecular weight is 401 g/mol. The first-order valence-corrected chi connectivity index (χ1v) is 10.6. The Kier molecular flexibility index (Phi) is 4.14. The Bertz CT molecular complexity index is 944. The van der Waals surface area contributed by atoms with Crippen LogP contribution in [0.5, 0.6) is 0 Å². The highest BCUT2D eigenvalue weighted by Gasteiger charge is 2.38. The fraction of sp³-hybridized carbons (Fsp3) is 0.467. The van der Waals surface area contributed by atoms with Crippen molar-refractivity contribution in [3.8, 4) is 0 Å². The van der Waals surface area contributed by atoms with Crippen molar-refractivity contribution in [2.75, 3.05) is 13.1 Å². The molecule has 1 saturated heterocycles. The van der Waals surface area contributed by atoms with Gasteiger partial charge in [0.05, 0.1) is 16.6 Å². The normalized spacial score (nSPS) is 18.1. The van der Waals surface area contributed by atoms with Gasteiger partial charge in [0.25, 0.3) is 15.9 Å². The van der Waals surface area contributed by atoms with Gasteiger partial charge in [-0.3, -0.25) is 9.48 Å². The predicted octanol–water partition coefficient (Wildman–Crippen LogP) is 2.08. The van der Waals surface area contributed by atoms with Crippen LogP contribution in [0, 0.1) is 0 Å². The van der Waals surface area contributed by atoms with Gasteiger partial charge in [0.2, 0.25) is 0 Å². The first-order valence-electron chi connectivity index (χ1n) is 7.97. The van der Waals surface area contributed by atoms with Crippen LogP contribution < -0.4 is 0 Å². The molecule has 25 heavy (non-hydrogen) atoms. The maximum Gasteiger partial charge on any atom is 0.274 e. The summed E-state index contributed by atoms with van der Waals surface area (Å²) in [5, 5.41) is 4.36. The number of likely N-dealkylation sites (tertiary alicyclic amines) is 1. The summed E-state index contributed by atoms with van der Waals surface area (Å²) in [6.07, 6.45) is 2.00. The zero-order valence-electron chi connectivity index (χ0n) is 13.6. The van der Waals surface area contributed by atoms with Crippen molar-refractivity contribution in [2.45, 2.75) is 30.1 Å². The molecule has 0 radical (unpaired) electrons. The Morgan fingerprint density at radius 2 is 1.96 bits per heavy atom. The second-order valence-corrected chi connectivity index (χ2v) is 10.1. The number of carbonyl (C=O) groups excluding carboxylic acids is 1. The molecule has 134 valence electrons. The van der Waals surface area contributed by atoms with Crippen LogP contribution in [0.15, 0.2) is 16.3 Å². The maximum absolute atomic E-state index is 12.8. The molecule has 0 aromatic carbocycles. The van der Waals surface area contributed by atoms with Gasteiger partial charge in [-0.25, -0.2) is 8.42 Å². The van der Waals surface area contributed by atoms with Gasteiger partial charge in [-0.2, -0.15) is 9.40 Å². The summed E-state index contributed by atoms with van der Waals surface area (Å²) >= 11 is 6.91. The van der Waals surface area contributed by atoms with Gasteiger partial charge in [0.1, 0.15) is 4.21 Å². The van der Waals surface area contributed by atoms with Crippen LogP contribution in [0.25, 0.3) is 0 Å². The molecule has 10 heteroatoms. The molecule has 0 atom stereocenters. The van der Waals surface area contributed by atoms with Crippen molar-refractivity contribution in [1.29, 1.82) is 0 Å². The summed E-state index contributed by atoms with van der Waals surface area (Å²) in [5.74, 6) is -0.104. The van der Waals surface area contributed by atoms with Gasteiger partial charge in [-0.1, -0.05) is 11.6 Å². The number of fused-ring (bicyclic) bond motifs is 1. The molecular formula is C15H17ClN4O3S2. The Morgan fingerprint density at radius 3 is 2.60 bits per heavy atom. The maximum atomic E-state index is 12.8. The van der Waals surface area contributed by atoms with E-state index >= 15 is 0 Å². The summed E-state index contributed by atoms with van der Waals surface area (Å²) in [6.45, 7) is 1.85. The summed E-state index contributed by atoms with van der Waals surface area (Å²) < 4.78 is 29.3. The third-order valence-electron chi connectivity index (χ3n) is 4.67. The molecule has 4 heterocycles. The molecule has 1 fully saturated rings. The molecule has 0 bridgehead atoms. The van der Waals surface area contributed by atoms with E-state index in [1.807, 2.05) is 0 Å². The molecule has 1 amide bonds. The van der Waals surface area contributed by atoms with E-state index in [2.05, 4.69) is 5.10 Å². The van der Waals surface area contributed by atoms with Crippen molar-refractivity contribution >= 4 is 38.9 Å². The molecule has 0 saturated carbocycles. The summed E-state index contributed by atoms with van der Waals surface area (Å²) in [4.78, 5) is 14.5. The van der Waals surface area contributed by atoms with E-state index in [0.717, 1.165) is 43.0 Å². The standard InChI is InChI=1S/C15H17ClN4O3S2/c1-18-11-9-20(25(22,23)13-5-4-12(16)24-13)8-10(11)14(17-18)15(21)19-6-2-3-7-19/h4-5H,2-3,6-9H2,1H3. The molecule has 2 aromatic heterocycles. The van der Waals surface area contributed by atoms with Crippen molar-refractivity contribution < 1.29 is 13.2 Å². The topological polar surface area (TPSA) is 75.5 Å². The zero-order valence-corrected chi connectivity index (χ0v) is 16.0. The number of aryl methyl sites for hydroxylation is 1. The highest BCUT2D eigenvalue weighted by atomic mass is 35.5. The van der Waals surface area contributed by atoms with E-state index in [0.29, 0.717) is 15.6 Å². The highest BCUT2D eigenvalue weighted by molar-refractivity contribution is 7.91. The molecular weight excluding hydrogens is 384 g/mol. The minimum atomic E-state index is -3.63. The first-order chi connectivity index (χ1) is 11.9. The zero-order chi connectivity index (χ0) is 17.8. The molecule has 0 unspecified atom stereocenters. The number of hydrogen-bond acceptors (Lipinski definition) is 5. The predicted molar refractivity (Wildman–Crippen MR) is 94.1 cm³/mol. The van der Waals surface area contributed by atoms with Crippen molar-refractivity contribution in [1.82, 2.24) is 19.0 Å². The summed E-state index contributed by atoms with van der Waals surface area (Å²) in [6, 6.07) is 3.09. The Labute approximate surface area is 154 Å². The molecule has 0 aliphatic carbocycles. The van der Waals surface area contributed by atoms with Crippen LogP contribution >= 0.6 is 22.9 Å². The summed E-state index contributed by atoms with van der Waals surface area (Å²) in [5.41, 5.74) is 1.86. The van der Waals surface area contributed by atoms with Crippen LogP contribution in [0.2, 0.25) is 4.34 Å². The van der Waals surface area contributed by atoms with Gasteiger partial charge in [0.15, 0.2) is 5.69 Å². The van der Waals surface area contributed by atoms with E-state index in [4.69, 9.17) is 11.6 Å². The number of sulfonamides is 1. The van der Waals surface area contributed by atoms with E-state index < -0.39 is 10.0 Å². The van der Waals surface area contributed by atoms with Gasteiger partial charge in [0, 0.05) is 32.2 Å². The van der Waals surface area contributed by atoms with E-state index in [9.17, 15) is 13.2 Å². The molecule has 2 aromatic rings. The highest BCUT2D eigenvalue weighted by Crippen LogP contribution is 2.34. The minimum absolute atomic E-state index is 0.104. The van der Waals surface area contributed by atoms with Crippen LogP contribution in [0.4, 0.5) is 0 Å². The summed E-state index contributed by atoms with van der Waals surface area (Å²) in [7, 11) is -1.88. The molecule has 2 aliphatic heterocycles. The minimum Gasteiger partial charge on any atom is -0.337 e. The third kappa shape index (κ3) is 2.79. The molecule has 2 aliphatic rings. The number of nitrogens with zero attached hydrogens (tertiary/aromatic N) is 4. The Balaban J connectivity index is 1.64. The molecule has 0 N–H and O–H groups in total. The lowest BCUT2D eigenvalue weighted by molar-refractivity contribution is 0.0784. The number of thiophene rings is 1. The SMILES string of the molecule is Cn1nc(C(=O)N2CCCC2)c2c1CN(S(=O)(=O)c1ccc(Cl)s1)C2. The average Bonchev–Trinajstić information content (AvgIpc) is 3.32. The van der Waals surface area contributed by atoms with Crippen molar-refractivity contribution in [2.24, 2.45) is 7.05 Å². The smallest absolute Gasteiger partial charge is 0.274 e. The van der Waals surface area contributed by atoms with Crippen molar-refractivity contribution in [3.63, 3.8) is 0 Å². The molecule has 0 spiro atoms. The van der Waals surface area contributed by atoms with E-state index in [-0.39, 0.29) is 23.2 Å². The van der Waals surface area contributed by atoms with E-state index in [1.54, 1.807) is 22.7 Å². The lowest BCUT2D eigenvalue weighted by atomic mass is 10.2. The number of halogens is 1. The second-order valence-electron chi connectivity index (χ2n) is 6.23. The van der Waals surface area contributed by atoms with Crippen molar-refractivity contribution in [3.05, 3.63) is 33.4 Å². The number of hydrogen-bond donors (Lipinski definition) is 0. The van der Waals surface area contributed by atoms with Crippen LogP contribution in [0.3, 0.4) is 0 Å². The fourth-order valence-electron chi connectivity index (χ4n) is 3.34. The lowest BCUT2D eigenvalue weighted by Crippen LogP contribution is -2.30. The largest absolute Gasteiger partial charge is 0.337 e. The van der Waals surface area contributed by atoms with Crippen LogP contribution in [0.1, 0.15) is 34.6 Å². The fourth-order valence-corrected chi connectivity index (χ4v) is 6.35. The Hall–Kier alpha value is -1.42. The third-order valence-corrected chi connectivity index (χ3v) is 8.16. The number of aromatic nitrogens is 2. The quantitative estimate of drug-likeness (QED) is 0.790. The second kappa shape index (κ2) is 6.08. The molecule has 4 rings (SSSR count). The van der Waals surface area contributed by atoms with E-state index in [1.165, 1.54) is 10.4 Å². The number of amides is 1. The van der Waals surface area contributed by atoms with Gasteiger partial charge in [-0.15, -0.1) is 11.3 Å². The van der Waals surface area contributed by atoms with Crippen LogP contribution in [-0.2, 0) is 30.2 Å². The first kappa shape index (κ1) is 17.0. The number of carbonyl (C=O) groups is 1. The molecule has 7 nitrogen and oxygen atoms in total.